The molecule has 34 heavy (non-hydrogen) atoms. The van der Waals surface area contributed by atoms with Gasteiger partial charge in [-0.3, -0.25) is 4.98 Å². The van der Waals surface area contributed by atoms with E-state index in [2.05, 4.69) is 78.7 Å². The largest absolute Gasteiger partial charge is 0.467 e. The van der Waals surface area contributed by atoms with E-state index < -0.39 is 0 Å². The third kappa shape index (κ3) is 3.82. The first kappa shape index (κ1) is 22.4. The number of nitrogens with one attached hydrogen (secondary N) is 1. The van der Waals surface area contributed by atoms with Crippen LogP contribution in [0.1, 0.15) is 57.2 Å². The Hall–Kier alpha value is -3.38. The molecular formula is C28H30N4OS. The van der Waals surface area contributed by atoms with Crippen molar-refractivity contribution in [2.75, 3.05) is 0 Å². The normalized spacial score (nSPS) is 17.9. The molecule has 0 unspecified atom stereocenters. The van der Waals surface area contributed by atoms with E-state index in [0.29, 0.717) is 11.7 Å². The highest BCUT2D eigenvalue weighted by Crippen LogP contribution is 2.42. The van der Waals surface area contributed by atoms with Gasteiger partial charge in [0, 0.05) is 17.6 Å². The zero-order valence-corrected chi connectivity index (χ0v) is 21.1. The van der Waals surface area contributed by atoms with Gasteiger partial charge in [-0.05, 0) is 93.9 Å². The third-order valence-electron chi connectivity index (χ3n) is 6.75. The first-order valence-corrected chi connectivity index (χ1v) is 12.0. The molecule has 0 aliphatic carbocycles. The summed E-state index contributed by atoms with van der Waals surface area (Å²) in [5, 5.41) is 4.26. The number of thiocarbonyl (C=S) groups is 1. The molecule has 1 saturated heterocycles. The number of pyridine rings is 1. The Morgan fingerprint density at radius 3 is 2.41 bits per heavy atom. The fourth-order valence-corrected chi connectivity index (χ4v) is 5.75. The predicted octanol–water partition coefficient (Wildman–Crippen LogP) is 6.18. The van der Waals surface area contributed by atoms with Gasteiger partial charge >= 0.3 is 0 Å². The molecule has 1 N–H and O–H groups in total. The highest BCUT2D eigenvalue weighted by Gasteiger charge is 2.41. The summed E-state index contributed by atoms with van der Waals surface area (Å²) in [7, 11) is 0. The van der Waals surface area contributed by atoms with Gasteiger partial charge in [-0.25, -0.2) is 0 Å². The minimum absolute atomic E-state index is 0.0153. The van der Waals surface area contributed by atoms with Gasteiger partial charge in [0.1, 0.15) is 5.76 Å². The zero-order chi connectivity index (χ0) is 24.0. The second-order valence-electron chi connectivity index (χ2n) is 9.24. The Balaban J connectivity index is 1.66. The van der Waals surface area contributed by atoms with Crippen molar-refractivity contribution in [3.05, 3.63) is 106 Å². The van der Waals surface area contributed by atoms with E-state index in [9.17, 15) is 0 Å². The van der Waals surface area contributed by atoms with E-state index in [1.807, 2.05) is 30.5 Å². The molecule has 1 aromatic carbocycles. The molecular weight excluding hydrogens is 440 g/mol. The van der Waals surface area contributed by atoms with Crippen molar-refractivity contribution in [1.82, 2.24) is 19.8 Å². The first-order chi connectivity index (χ1) is 16.3. The van der Waals surface area contributed by atoms with Crippen LogP contribution in [-0.2, 0) is 6.54 Å². The monoisotopic (exact) mass is 470 g/mol. The van der Waals surface area contributed by atoms with Crippen molar-refractivity contribution < 1.29 is 4.42 Å². The van der Waals surface area contributed by atoms with Gasteiger partial charge in [-0.15, -0.1) is 0 Å². The van der Waals surface area contributed by atoms with E-state index >= 15 is 0 Å². The molecule has 5 rings (SSSR count). The fourth-order valence-electron chi connectivity index (χ4n) is 5.44. The van der Waals surface area contributed by atoms with Crippen LogP contribution in [0.4, 0.5) is 0 Å². The highest BCUT2D eigenvalue weighted by molar-refractivity contribution is 7.80. The molecule has 2 atom stereocenters. The molecule has 0 amide bonds. The molecule has 174 valence electrons. The lowest BCUT2D eigenvalue weighted by molar-refractivity contribution is 0.286. The Morgan fingerprint density at radius 1 is 1.00 bits per heavy atom. The van der Waals surface area contributed by atoms with Gasteiger partial charge in [0.25, 0.3) is 0 Å². The van der Waals surface area contributed by atoms with Crippen molar-refractivity contribution in [2.24, 2.45) is 0 Å². The average Bonchev–Trinajstić information content (AvgIpc) is 3.49. The Morgan fingerprint density at radius 2 is 1.76 bits per heavy atom. The Bertz CT molecular complexity index is 1320. The lowest BCUT2D eigenvalue weighted by atomic mass is 9.96. The topological polar surface area (TPSA) is 46.2 Å². The second kappa shape index (κ2) is 8.76. The van der Waals surface area contributed by atoms with Gasteiger partial charge in [-0.2, -0.15) is 0 Å². The van der Waals surface area contributed by atoms with Crippen molar-refractivity contribution in [3.8, 4) is 5.69 Å². The minimum atomic E-state index is -0.0576. The highest BCUT2D eigenvalue weighted by atomic mass is 32.1. The smallest absolute Gasteiger partial charge is 0.170 e. The van der Waals surface area contributed by atoms with Gasteiger partial charge < -0.3 is 19.2 Å². The molecule has 5 nitrogen and oxygen atoms in total. The van der Waals surface area contributed by atoms with Crippen molar-refractivity contribution in [1.29, 1.82) is 0 Å². The zero-order valence-electron chi connectivity index (χ0n) is 20.3. The number of furan rings is 1. The number of nitrogens with zero attached hydrogens (tertiary/aromatic N) is 3. The van der Waals surface area contributed by atoms with E-state index in [1.165, 1.54) is 39.3 Å². The number of aryl methyl sites for hydroxylation is 4. The van der Waals surface area contributed by atoms with E-state index in [-0.39, 0.29) is 12.1 Å². The summed E-state index contributed by atoms with van der Waals surface area (Å²) in [4.78, 5) is 6.91. The molecule has 0 saturated carbocycles. The van der Waals surface area contributed by atoms with Crippen LogP contribution >= 0.6 is 12.2 Å². The summed E-state index contributed by atoms with van der Waals surface area (Å²) in [5.41, 5.74) is 9.74. The summed E-state index contributed by atoms with van der Waals surface area (Å²) in [6.45, 7) is 11.5. The molecule has 6 heteroatoms. The maximum absolute atomic E-state index is 5.84. The molecule has 4 aromatic rings. The summed E-state index contributed by atoms with van der Waals surface area (Å²) < 4.78 is 8.08. The van der Waals surface area contributed by atoms with Crippen LogP contribution in [-0.4, -0.2) is 19.6 Å². The summed E-state index contributed by atoms with van der Waals surface area (Å²) >= 11 is 5.84. The van der Waals surface area contributed by atoms with Gasteiger partial charge in [-0.1, -0.05) is 23.8 Å². The van der Waals surface area contributed by atoms with E-state index in [0.717, 1.165) is 11.5 Å². The maximum Gasteiger partial charge on any atom is 0.170 e. The van der Waals surface area contributed by atoms with Crippen LogP contribution in [0, 0.1) is 34.6 Å². The average molecular weight is 471 g/mol. The van der Waals surface area contributed by atoms with Crippen molar-refractivity contribution in [2.45, 2.75) is 53.2 Å². The van der Waals surface area contributed by atoms with E-state index in [1.54, 1.807) is 6.26 Å². The van der Waals surface area contributed by atoms with Crippen LogP contribution < -0.4 is 5.32 Å². The maximum atomic E-state index is 5.84. The fraction of sp³-hybridized carbons (Fsp3) is 0.286. The third-order valence-corrected chi connectivity index (χ3v) is 7.10. The lowest BCUT2D eigenvalue weighted by Gasteiger charge is -2.27. The minimum Gasteiger partial charge on any atom is -0.467 e. The van der Waals surface area contributed by atoms with Crippen LogP contribution in [0.3, 0.4) is 0 Å². The van der Waals surface area contributed by atoms with E-state index in [4.69, 9.17) is 16.6 Å². The quantitative estimate of drug-likeness (QED) is 0.353. The summed E-state index contributed by atoms with van der Waals surface area (Å²) in [6, 6.07) is 16.7. The molecule has 0 bridgehead atoms. The van der Waals surface area contributed by atoms with Crippen molar-refractivity contribution in [3.63, 3.8) is 0 Å². The SMILES string of the molecule is Cc1cc(C)c(-n2c(C)cc([C@H]3[C@@H](c4ccccn4)NC(=S)N3Cc3ccco3)c2C)c(C)c1. The van der Waals surface area contributed by atoms with Crippen molar-refractivity contribution >= 4 is 17.3 Å². The standard InChI is InChI=1S/C28H30N4OS/c1-17-13-18(2)26(19(3)14-17)32-20(4)15-23(21(32)5)27-25(24-10-6-7-11-29-24)30-28(34)31(27)16-22-9-8-12-33-22/h6-15,25,27H,16H2,1-5H3,(H,30,34)/t25-,27+/m1/s1. The first-order valence-electron chi connectivity index (χ1n) is 11.6. The number of rotatable bonds is 5. The molecule has 0 spiro atoms. The summed E-state index contributed by atoms with van der Waals surface area (Å²) in [5.74, 6) is 0.884. The lowest BCUT2D eigenvalue weighted by Crippen LogP contribution is -2.29. The molecule has 1 aliphatic rings. The molecule has 0 radical (unpaired) electrons. The number of hydrogen-bond acceptors (Lipinski definition) is 3. The van der Waals surface area contributed by atoms with Crippen LogP contribution in [0.15, 0.2) is 65.4 Å². The molecule has 3 aromatic heterocycles. The number of benzene rings is 1. The Kier molecular flexibility index (Phi) is 5.78. The van der Waals surface area contributed by atoms with Gasteiger partial charge in [0.15, 0.2) is 5.11 Å². The van der Waals surface area contributed by atoms with Gasteiger partial charge in [0.05, 0.1) is 36.3 Å². The van der Waals surface area contributed by atoms with Crippen LogP contribution in [0.25, 0.3) is 5.69 Å². The van der Waals surface area contributed by atoms with Gasteiger partial charge in [0.2, 0.25) is 0 Å². The predicted molar refractivity (Wildman–Crippen MR) is 139 cm³/mol. The second-order valence-corrected chi connectivity index (χ2v) is 9.63. The van der Waals surface area contributed by atoms with Crippen LogP contribution in [0.2, 0.25) is 0 Å². The summed E-state index contributed by atoms with van der Waals surface area (Å²) in [6.07, 6.45) is 3.55. The molecule has 1 fully saturated rings. The molecule has 4 heterocycles. The number of hydrogen-bond donors (Lipinski definition) is 1. The number of aromatic nitrogens is 2. The Labute approximate surface area is 206 Å². The van der Waals surface area contributed by atoms with Crippen LogP contribution in [0.5, 0.6) is 0 Å². The molecule has 1 aliphatic heterocycles.